The van der Waals surface area contributed by atoms with Gasteiger partial charge in [-0.25, -0.2) is 5.43 Å². The van der Waals surface area contributed by atoms with Crippen molar-refractivity contribution in [2.45, 2.75) is 6.61 Å². The molecule has 0 atom stereocenters. The number of nitrogens with one attached hydrogen (secondary N) is 1. The van der Waals surface area contributed by atoms with Crippen molar-refractivity contribution in [1.82, 2.24) is 5.43 Å². The number of benzene rings is 3. The fourth-order valence-corrected chi connectivity index (χ4v) is 3.02. The second-order valence-electron chi connectivity index (χ2n) is 5.70. The van der Waals surface area contributed by atoms with Crippen molar-refractivity contribution in [2.75, 3.05) is 0 Å². The van der Waals surface area contributed by atoms with Crippen molar-refractivity contribution >= 4 is 44.0 Å². The Morgan fingerprint density at radius 3 is 2.52 bits per heavy atom. The number of hydrazone groups is 1. The molecule has 3 aromatic carbocycles. The van der Waals surface area contributed by atoms with E-state index in [4.69, 9.17) is 4.74 Å². The standard InChI is InChI=1S/C21H16Br2N2O2/c22-18-9-7-17(8-10-18)21(26)25-24-13-15-3-2-6-20(12-15)27-14-16-4-1-5-19(23)11-16/h1-13H,14H2,(H,25,26)/b24-13+. The Morgan fingerprint density at radius 2 is 1.74 bits per heavy atom. The molecule has 0 aliphatic heterocycles. The zero-order valence-electron chi connectivity index (χ0n) is 14.2. The molecule has 0 saturated carbocycles. The molecule has 0 radical (unpaired) electrons. The SMILES string of the molecule is O=C(N/N=C/c1cccc(OCc2cccc(Br)c2)c1)c1ccc(Br)cc1. The van der Waals surface area contributed by atoms with E-state index in [1.807, 2.05) is 60.7 Å². The maximum Gasteiger partial charge on any atom is 0.271 e. The van der Waals surface area contributed by atoms with Crippen LogP contribution in [0.5, 0.6) is 5.75 Å². The summed E-state index contributed by atoms with van der Waals surface area (Å²) in [6.45, 7) is 0.473. The summed E-state index contributed by atoms with van der Waals surface area (Å²) in [7, 11) is 0. The van der Waals surface area contributed by atoms with Gasteiger partial charge >= 0.3 is 0 Å². The quantitative estimate of drug-likeness (QED) is 0.365. The molecule has 0 unspecified atom stereocenters. The number of hydrogen-bond donors (Lipinski definition) is 1. The van der Waals surface area contributed by atoms with Crippen molar-refractivity contribution < 1.29 is 9.53 Å². The third-order valence-electron chi connectivity index (χ3n) is 3.64. The molecule has 1 N–H and O–H groups in total. The normalized spacial score (nSPS) is 10.7. The summed E-state index contributed by atoms with van der Waals surface area (Å²) in [5.74, 6) is 0.471. The van der Waals surface area contributed by atoms with Crippen LogP contribution in [0.4, 0.5) is 0 Å². The molecule has 6 heteroatoms. The van der Waals surface area contributed by atoms with Gasteiger partial charge in [-0.1, -0.05) is 56.1 Å². The third kappa shape index (κ3) is 6.05. The molecule has 1 amide bonds. The lowest BCUT2D eigenvalue weighted by Crippen LogP contribution is -2.17. The number of ether oxygens (including phenoxy) is 1. The van der Waals surface area contributed by atoms with Gasteiger partial charge in [-0.2, -0.15) is 5.10 Å². The van der Waals surface area contributed by atoms with E-state index >= 15 is 0 Å². The predicted octanol–water partition coefficient (Wildman–Crippen LogP) is 5.55. The topological polar surface area (TPSA) is 50.7 Å². The number of halogens is 2. The zero-order chi connectivity index (χ0) is 19.1. The first-order valence-electron chi connectivity index (χ1n) is 8.16. The highest BCUT2D eigenvalue weighted by molar-refractivity contribution is 9.10. The number of hydrogen-bond acceptors (Lipinski definition) is 3. The minimum Gasteiger partial charge on any atom is -0.489 e. The maximum atomic E-state index is 12.0. The van der Waals surface area contributed by atoms with Gasteiger partial charge in [-0.15, -0.1) is 0 Å². The number of rotatable bonds is 6. The van der Waals surface area contributed by atoms with Gasteiger partial charge in [0.15, 0.2) is 0 Å². The first kappa shape index (κ1) is 19.3. The van der Waals surface area contributed by atoms with Crippen LogP contribution in [0.25, 0.3) is 0 Å². The third-order valence-corrected chi connectivity index (χ3v) is 4.66. The molecule has 0 spiro atoms. The van der Waals surface area contributed by atoms with E-state index in [0.29, 0.717) is 12.2 Å². The van der Waals surface area contributed by atoms with Gasteiger partial charge in [0.2, 0.25) is 0 Å². The van der Waals surface area contributed by atoms with Crippen molar-refractivity contribution in [3.05, 3.63) is 98.4 Å². The molecule has 0 aliphatic rings. The first-order valence-corrected chi connectivity index (χ1v) is 9.75. The minimum atomic E-state index is -0.263. The Kier molecular flexibility index (Phi) is 6.79. The minimum absolute atomic E-state index is 0.263. The molecule has 0 fully saturated rings. The Hall–Kier alpha value is -2.44. The smallest absolute Gasteiger partial charge is 0.271 e. The van der Waals surface area contributed by atoms with Crippen LogP contribution in [0.3, 0.4) is 0 Å². The summed E-state index contributed by atoms with van der Waals surface area (Å²) in [4.78, 5) is 12.0. The highest BCUT2D eigenvalue weighted by Crippen LogP contribution is 2.16. The molecule has 27 heavy (non-hydrogen) atoms. The van der Waals surface area contributed by atoms with Crippen LogP contribution in [-0.4, -0.2) is 12.1 Å². The summed E-state index contributed by atoms with van der Waals surface area (Å²) < 4.78 is 7.76. The van der Waals surface area contributed by atoms with Gasteiger partial charge < -0.3 is 4.74 Å². The van der Waals surface area contributed by atoms with Crippen LogP contribution in [0.15, 0.2) is 86.8 Å². The summed E-state index contributed by atoms with van der Waals surface area (Å²) >= 11 is 6.79. The van der Waals surface area contributed by atoms with E-state index in [2.05, 4.69) is 42.4 Å². The van der Waals surface area contributed by atoms with Gasteiger partial charge in [-0.05, 0) is 59.7 Å². The van der Waals surface area contributed by atoms with Crippen LogP contribution in [-0.2, 0) is 6.61 Å². The van der Waals surface area contributed by atoms with Crippen LogP contribution in [0.2, 0.25) is 0 Å². The molecule has 3 rings (SSSR count). The summed E-state index contributed by atoms with van der Waals surface area (Å²) in [5, 5.41) is 4.01. The van der Waals surface area contributed by atoms with Crippen LogP contribution in [0.1, 0.15) is 21.5 Å². The highest BCUT2D eigenvalue weighted by Gasteiger charge is 2.03. The number of amides is 1. The second-order valence-corrected chi connectivity index (χ2v) is 7.53. The van der Waals surface area contributed by atoms with Crippen LogP contribution in [0, 0.1) is 0 Å². The van der Waals surface area contributed by atoms with Gasteiger partial charge in [0.1, 0.15) is 12.4 Å². The molecule has 0 aliphatic carbocycles. The molecular weight excluding hydrogens is 472 g/mol. The molecule has 0 saturated heterocycles. The Morgan fingerprint density at radius 1 is 0.963 bits per heavy atom. The van der Waals surface area contributed by atoms with Crippen molar-refractivity contribution in [1.29, 1.82) is 0 Å². The first-order chi connectivity index (χ1) is 13.1. The van der Waals surface area contributed by atoms with Crippen molar-refractivity contribution in [3.8, 4) is 5.75 Å². The molecule has 0 heterocycles. The largest absolute Gasteiger partial charge is 0.489 e. The lowest BCUT2D eigenvalue weighted by Gasteiger charge is -2.07. The van der Waals surface area contributed by atoms with Crippen molar-refractivity contribution in [3.63, 3.8) is 0 Å². The molecule has 3 aromatic rings. The summed E-state index contributed by atoms with van der Waals surface area (Å²) in [6.07, 6.45) is 1.59. The average molecular weight is 488 g/mol. The average Bonchev–Trinajstić information content (AvgIpc) is 2.67. The lowest BCUT2D eigenvalue weighted by molar-refractivity contribution is 0.0955. The van der Waals surface area contributed by atoms with Gasteiger partial charge in [-0.3, -0.25) is 4.79 Å². The fourth-order valence-electron chi connectivity index (χ4n) is 2.31. The predicted molar refractivity (Wildman–Crippen MR) is 114 cm³/mol. The molecule has 0 aromatic heterocycles. The molecular formula is C21H16Br2N2O2. The van der Waals surface area contributed by atoms with E-state index in [-0.39, 0.29) is 5.91 Å². The second kappa shape index (κ2) is 9.48. The zero-order valence-corrected chi connectivity index (χ0v) is 17.4. The Balaban J connectivity index is 1.57. The van der Waals surface area contributed by atoms with E-state index in [9.17, 15) is 4.79 Å². The van der Waals surface area contributed by atoms with Crippen LogP contribution >= 0.6 is 31.9 Å². The lowest BCUT2D eigenvalue weighted by atomic mass is 10.2. The van der Waals surface area contributed by atoms with Crippen molar-refractivity contribution in [2.24, 2.45) is 5.10 Å². The maximum absolute atomic E-state index is 12.0. The molecule has 4 nitrogen and oxygen atoms in total. The number of carbonyl (C=O) groups excluding carboxylic acids is 1. The van der Waals surface area contributed by atoms with E-state index in [1.165, 1.54) is 0 Å². The monoisotopic (exact) mass is 486 g/mol. The van der Waals surface area contributed by atoms with Gasteiger partial charge in [0.05, 0.1) is 6.21 Å². The molecule has 136 valence electrons. The molecule has 0 bridgehead atoms. The van der Waals surface area contributed by atoms with Gasteiger partial charge in [0.25, 0.3) is 5.91 Å². The Labute approximate surface area is 174 Å². The summed E-state index contributed by atoms with van der Waals surface area (Å²) in [6, 6.07) is 22.6. The number of carbonyl (C=O) groups is 1. The van der Waals surface area contributed by atoms with E-state index in [1.54, 1.807) is 18.3 Å². The highest BCUT2D eigenvalue weighted by atomic mass is 79.9. The van der Waals surface area contributed by atoms with E-state index < -0.39 is 0 Å². The van der Waals surface area contributed by atoms with E-state index in [0.717, 1.165) is 25.8 Å². The Bertz CT molecular complexity index is 956. The fraction of sp³-hybridized carbons (Fsp3) is 0.0476. The summed E-state index contributed by atoms with van der Waals surface area (Å²) in [5.41, 5.74) is 4.97. The van der Waals surface area contributed by atoms with Crippen LogP contribution < -0.4 is 10.2 Å². The number of nitrogens with zero attached hydrogens (tertiary/aromatic N) is 1. The van der Waals surface area contributed by atoms with Gasteiger partial charge in [0, 0.05) is 14.5 Å².